The van der Waals surface area contributed by atoms with Crippen LogP contribution in [0.3, 0.4) is 0 Å². The Hall–Kier alpha value is -0.590. The lowest BCUT2D eigenvalue weighted by Crippen LogP contribution is -2.23. The highest BCUT2D eigenvalue weighted by atomic mass is 127. The Balaban J connectivity index is 2.43. The smallest absolute Gasteiger partial charge is 0.163 e. The van der Waals surface area contributed by atoms with Gasteiger partial charge in [0.25, 0.3) is 0 Å². The number of halogens is 1. The Bertz CT molecular complexity index is 275. The average Bonchev–Trinajstić information content (AvgIpc) is 2.36. The van der Waals surface area contributed by atoms with E-state index in [4.69, 9.17) is 0 Å². The predicted molar refractivity (Wildman–Crippen MR) is 49.7 cm³/mol. The zero-order valence-electron chi connectivity index (χ0n) is 4.90. The molecule has 10 heavy (non-hydrogen) atoms. The SMILES string of the molecule is IC1=NC=NC2=NC=NC12. The number of fused-ring (bicyclic) bond motifs is 1. The van der Waals surface area contributed by atoms with E-state index < -0.39 is 0 Å². The summed E-state index contributed by atoms with van der Waals surface area (Å²) in [5.41, 5.74) is 0. The molecule has 0 aromatic rings. The van der Waals surface area contributed by atoms with Gasteiger partial charge in [0, 0.05) is 0 Å². The van der Waals surface area contributed by atoms with Gasteiger partial charge in [-0.15, -0.1) is 0 Å². The van der Waals surface area contributed by atoms with Crippen molar-refractivity contribution in [3.63, 3.8) is 0 Å². The summed E-state index contributed by atoms with van der Waals surface area (Å²) in [6.07, 6.45) is 3.03. The van der Waals surface area contributed by atoms with Crippen LogP contribution in [0.2, 0.25) is 0 Å². The van der Waals surface area contributed by atoms with Crippen LogP contribution in [0.4, 0.5) is 0 Å². The fraction of sp³-hybridized carbons (Fsp3) is 0.200. The number of hydrogen-bond acceptors (Lipinski definition) is 4. The maximum absolute atomic E-state index is 4.06. The van der Waals surface area contributed by atoms with Gasteiger partial charge in [-0.3, -0.25) is 4.99 Å². The van der Waals surface area contributed by atoms with E-state index in [0.29, 0.717) is 0 Å². The Kier molecular flexibility index (Phi) is 1.37. The van der Waals surface area contributed by atoms with Crippen molar-refractivity contribution in [2.24, 2.45) is 20.0 Å². The molecule has 2 rings (SSSR count). The molecule has 0 aliphatic carbocycles. The molecular weight excluding hydrogens is 243 g/mol. The van der Waals surface area contributed by atoms with Gasteiger partial charge in [-0.2, -0.15) is 0 Å². The molecule has 4 nitrogen and oxygen atoms in total. The maximum Gasteiger partial charge on any atom is 0.163 e. The molecule has 0 aromatic carbocycles. The van der Waals surface area contributed by atoms with Crippen molar-refractivity contribution in [2.45, 2.75) is 6.04 Å². The minimum absolute atomic E-state index is 0.00870. The predicted octanol–water partition coefficient (Wildman–Crippen LogP) is 0.671. The summed E-state index contributed by atoms with van der Waals surface area (Å²) in [6.45, 7) is 0. The molecule has 1 unspecified atom stereocenters. The summed E-state index contributed by atoms with van der Waals surface area (Å²) in [6, 6.07) is -0.00870. The summed E-state index contributed by atoms with van der Waals surface area (Å²) >= 11 is 2.14. The van der Waals surface area contributed by atoms with E-state index in [0.717, 1.165) is 9.55 Å². The third-order valence-corrected chi connectivity index (χ3v) is 2.12. The molecule has 2 heterocycles. The van der Waals surface area contributed by atoms with Gasteiger partial charge in [0.15, 0.2) is 11.9 Å². The van der Waals surface area contributed by atoms with E-state index in [1.165, 1.54) is 12.7 Å². The summed E-state index contributed by atoms with van der Waals surface area (Å²) in [7, 11) is 0. The van der Waals surface area contributed by atoms with Crippen molar-refractivity contribution >= 4 is 44.8 Å². The van der Waals surface area contributed by atoms with Crippen molar-refractivity contribution in [3.05, 3.63) is 0 Å². The highest BCUT2D eigenvalue weighted by Crippen LogP contribution is 2.12. The second-order valence-electron chi connectivity index (χ2n) is 1.85. The number of nitrogens with zero attached hydrogens (tertiary/aromatic N) is 4. The molecule has 50 valence electrons. The number of amidine groups is 1. The largest absolute Gasteiger partial charge is 0.255 e. The lowest BCUT2D eigenvalue weighted by molar-refractivity contribution is 1.17. The zero-order chi connectivity index (χ0) is 6.97. The Labute approximate surface area is 71.0 Å². The highest BCUT2D eigenvalue weighted by molar-refractivity contribution is 14.1. The normalized spacial score (nSPS) is 27.9. The minimum atomic E-state index is -0.00870. The van der Waals surface area contributed by atoms with Gasteiger partial charge in [-0.25, -0.2) is 15.0 Å². The van der Waals surface area contributed by atoms with Crippen LogP contribution in [0.25, 0.3) is 0 Å². The summed E-state index contributed by atoms with van der Waals surface area (Å²) < 4.78 is 0.931. The first kappa shape index (κ1) is 6.14. The molecule has 2 aliphatic rings. The highest BCUT2D eigenvalue weighted by Gasteiger charge is 2.23. The van der Waals surface area contributed by atoms with Crippen LogP contribution in [0.5, 0.6) is 0 Å². The van der Waals surface area contributed by atoms with Crippen molar-refractivity contribution in [1.29, 1.82) is 0 Å². The van der Waals surface area contributed by atoms with E-state index in [1.54, 1.807) is 0 Å². The van der Waals surface area contributed by atoms with Crippen LogP contribution in [-0.4, -0.2) is 28.3 Å². The average molecular weight is 246 g/mol. The first-order valence-electron chi connectivity index (χ1n) is 2.73. The molecule has 0 aromatic heterocycles. The van der Waals surface area contributed by atoms with Crippen molar-refractivity contribution in [3.8, 4) is 0 Å². The second kappa shape index (κ2) is 2.22. The molecule has 1 atom stereocenters. The van der Waals surface area contributed by atoms with E-state index in [9.17, 15) is 0 Å². The topological polar surface area (TPSA) is 49.4 Å². The quantitative estimate of drug-likeness (QED) is 0.564. The van der Waals surface area contributed by atoms with E-state index >= 15 is 0 Å². The van der Waals surface area contributed by atoms with Gasteiger partial charge in [0.2, 0.25) is 0 Å². The fourth-order valence-corrected chi connectivity index (χ4v) is 1.35. The van der Waals surface area contributed by atoms with Gasteiger partial charge >= 0.3 is 0 Å². The van der Waals surface area contributed by atoms with Crippen molar-refractivity contribution in [1.82, 2.24) is 0 Å². The Morgan fingerprint density at radius 1 is 1.30 bits per heavy atom. The van der Waals surface area contributed by atoms with E-state index in [-0.39, 0.29) is 6.04 Å². The summed E-state index contributed by atoms with van der Waals surface area (Å²) in [5.74, 6) is 0.749. The van der Waals surface area contributed by atoms with E-state index in [2.05, 4.69) is 42.6 Å². The fourth-order valence-electron chi connectivity index (χ4n) is 0.782. The second-order valence-corrected chi connectivity index (χ2v) is 2.96. The van der Waals surface area contributed by atoms with Crippen molar-refractivity contribution < 1.29 is 0 Å². The number of hydrogen-bond donors (Lipinski definition) is 0. The molecule has 0 spiro atoms. The Morgan fingerprint density at radius 2 is 2.20 bits per heavy atom. The van der Waals surface area contributed by atoms with Crippen molar-refractivity contribution in [2.75, 3.05) is 0 Å². The monoisotopic (exact) mass is 246 g/mol. The molecule has 2 aliphatic heterocycles. The molecule has 0 N–H and O–H groups in total. The minimum Gasteiger partial charge on any atom is -0.255 e. The summed E-state index contributed by atoms with van der Waals surface area (Å²) in [5, 5.41) is 0. The summed E-state index contributed by atoms with van der Waals surface area (Å²) in [4.78, 5) is 15.9. The molecule has 0 amide bonds. The molecule has 0 saturated heterocycles. The Morgan fingerprint density at radius 3 is 3.00 bits per heavy atom. The van der Waals surface area contributed by atoms with Crippen LogP contribution in [-0.2, 0) is 0 Å². The van der Waals surface area contributed by atoms with Gasteiger partial charge in [-0.1, -0.05) is 0 Å². The standard InChI is InChI=1S/C5H3IN4/c6-4-3-5(9-1-7-3)10-2-8-4/h1-3H. The van der Waals surface area contributed by atoms with Crippen LogP contribution in [0, 0.1) is 0 Å². The molecular formula is C5H3IN4. The van der Waals surface area contributed by atoms with Crippen LogP contribution in [0.1, 0.15) is 0 Å². The lowest BCUT2D eigenvalue weighted by atomic mass is 10.3. The molecule has 5 heteroatoms. The van der Waals surface area contributed by atoms with Gasteiger partial charge in [-0.05, 0) is 22.6 Å². The zero-order valence-corrected chi connectivity index (χ0v) is 7.06. The molecule has 0 fully saturated rings. The van der Waals surface area contributed by atoms with E-state index in [1.807, 2.05) is 0 Å². The maximum atomic E-state index is 4.06. The third kappa shape index (κ3) is 0.808. The van der Waals surface area contributed by atoms with Gasteiger partial charge < -0.3 is 0 Å². The van der Waals surface area contributed by atoms with Crippen LogP contribution in [0.15, 0.2) is 20.0 Å². The van der Waals surface area contributed by atoms with Gasteiger partial charge in [0.05, 0.1) is 0 Å². The first-order chi connectivity index (χ1) is 4.88. The van der Waals surface area contributed by atoms with Crippen LogP contribution < -0.4 is 0 Å². The van der Waals surface area contributed by atoms with Gasteiger partial charge in [0.1, 0.15) is 16.4 Å². The molecule has 0 radical (unpaired) electrons. The number of aliphatic imine (C=N–C) groups is 4. The first-order valence-corrected chi connectivity index (χ1v) is 3.81. The number of rotatable bonds is 0. The van der Waals surface area contributed by atoms with Crippen LogP contribution >= 0.6 is 22.6 Å². The molecule has 0 bridgehead atoms. The third-order valence-electron chi connectivity index (χ3n) is 1.25. The lowest BCUT2D eigenvalue weighted by Gasteiger charge is -2.06. The molecule has 0 saturated carbocycles.